The lowest BCUT2D eigenvalue weighted by molar-refractivity contribution is 0.0975. The van der Waals surface area contributed by atoms with Crippen LogP contribution in [0.3, 0.4) is 0 Å². The average molecular weight is 394 g/mol. The van der Waals surface area contributed by atoms with Crippen molar-refractivity contribution < 1.29 is 9.84 Å². The third-order valence-corrected chi connectivity index (χ3v) is 6.03. The molecule has 0 unspecified atom stereocenters. The van der Waals surface area contributed by atoms with Crippen LogP contribution in [0.25, 0.3) is 16.7 Å². The number of aromatic amines is 1. The van der Waals surface area contributed by atoms with E-state index in [-0.39, 0.29) is 0 Å². The molecule has 1 spiro atoms. The molecule has 8 nitrogen and oxygen atoms in total. The fourth-order valence-corrected chi connectivity index (χ4v) is 4.53. The van der Waals surface area contributed by atoms with E-state index in [1.807, 2.05) is 10.6 Å². The summed E-state index contributed by atoms with van der Waals surface area (Å²) in [7, 11) is 0. The summed E-state index contributed by atoms with van der Waals surface area (Å²) in [5, 5.41) is 18.0. The van der Waals surface area contributed by atoms with E-state index in [4.69, 9.17) is 9.72 Å². The normalized spacial score (nSPS) is 21.8. The van der Waals surface area contributed by atoms with Crippen molar-refractivity contribution in [3.8, 4) is 11.8 Å². The van der Waals surface area contributed by atoms with E-state index in [9.17, 15) is 5.11 Å². The maximum Gasteiger partial charge on any atom is 0.213 e. The zero-order chi connectivity index (χ0) is 20.2. The van der Waals surface area contributed by atoms with Crippen molar-refractivity contribution >= 4 is 22.6 Å². The van der Waals surface area contributed by atoms with Crippen LogP contribution < -0.4 is 4.90 Å². The van der Waals surface area contributed by atoms with E-state index in [1.54, 1.807) is 20.0 Å². The number of nitrogens with zero attached hydrogens (tertiary/aromatic N) is 5. The number of H-pyrrole nitrogens is 1. The summed E-state index contributed by atoms with van der Waals surface area (Å²) in [5.74, 6) is 6.65. The molecule has 152 valence electrons. The van der Waals surface area contributed by atoms with Crippen LogP contribution >= 0.6 is 0 Å². The predicted octanol–water partition coefficient (Wildman–Crippen LogP) is 2.12. The number of rotatable bonds is 1. The van der Waals surface area contributed by atoms with Gasteiger partial charge in [-0.1, -0.05) is 5.92 Å². The lowest BCUT2D eigenvalue weighted by Crippen LogP contribution is -2.41. The predicted molar refractivity (Wildman–Crippen MR) is 110 cm³/mol. The van der Waals surface area contributed by atoms with Crippen LogP contribution in [0.15, 0.2) is 12.4 Å². The molecule has 2 N–H and O–H groups in total. The molecule has 2 aliphatic rings. The van der Waals surface area contributed by atoms with Gasteiger partial charge in [0.15, 0.2) is 11.3 Å². The molecule has 0 radical (unpaired) electrons. The number of aliphatic hydroxyl groups is 1. The molecule has 0 aromatic carbocycles. The van der Waals surface area contributed by atoms with Gasteiger partial charge in [-0.3, -0.25) is 9.50 Å². The minimum atomic E-state index is -1.09. The van der Waals surface area contributed by atoms with Gasteiger partial charge in [-0.2, -0.15) is 10.1 Å². The Morgan fingerprint density at radius 2 is 2.14 bits per heavy atom. The third-order valence-electron chi connectivity index (χ3n) is 6.03. The Balaban J connectivity index is 1.51. The van der Waals surface area contributed by atoms with Crippen LogP contribution in [0.4, 0.5) is 5.95 Å². The number of nitrogens with one attached hydrogen (secondary N) is 1. The van der Waals surface area contributed by atoms with Gasteiger partial charge in [0.2, 0.25) is 5.95 Å². The summed E-state index contributed by atoms with van der Waals surface area (Å²) >= 11 is 0. The molecule has 3 aromatic heterocycles. The van der Waals surface area contributed by atoms with Crippen molar-refractivity contribution in [2.45, 2.75) is 51.7 Å². The molecule has 2 aliphatic heterocycles. The fourth-order valence-electron chi connectivity index (χ4n) is 4.53. The quantitative estimate of drug-likeness (QED) is 0.615. The minimum absolute atomic E-state index is 0.321. The van der Waals surface area contributed by atoms with E-state index in [0.717, 1.165) is 55.9 Å². The number of fused-ring (bicyclic) bond motifs is 3. The Morgan fingerprint density at radius 3 is 2.83 bits per heavy atom. The van der Waals surface area contributed by atoms with E-state index in [0.29, 0.717) is 22.9 Å². The van der Waals surface area contributed by atoms with Crippen LogP contribution in [0.1, 0.15) is 45.7 Å². The third kappa shape index (κ3) is 3.24. The first-order valence-corrected chi connectivity index (χ1v) is 10.2. The lowest BCUT2D eigenvalue weighted by Gasteiger charge is -2.39. The molecular formula is C21H26N6O2. The Hall–Kier alpha value is -2.63. The van der Waals surface area contributed by atoms with Gasteiger partial charge in [-0.25, -0.2) is 4.98 Å². The SMILES string of the molecule is C[C@H]1CC2(CCN(c3nc4[nH]nc(C#CC(C)(C)O)c4c4nccn34)CC2)CO1. The van der Waals surface area contributed by atoms with Crippen molar-refractivity contribution in [2.24, 2.45) is 5.41 Å². The summed E-state index contributed by atoms with van der Waals surface area (Å²) in [6.07, 6.45) is 7.44. The van der Waals surface area contributed by atoms with E-state index in [1.165, 1.54) is 0 Å². The molecule has 5 rings (SSSR count). The lowest BCUT2D eigenvalue weighted by atomic mass is 9.77. The molecule has 0 amide bonds. The van der Waals surface area contributed by atoms with Crippen LogP contribution in [0.2, 0.25) is 0 Å². The van der Waals surface area contributed by atoms with Gasteiger partial charge in [-0.15, -0.1) is 0 Å². The van der Waals surface area contributed by atoms with Gasteiger partial charge >= 0.3 is 0 Å². The Kier molecular flexibility index (Phi) is 4.09. The zero-order valence-electron chi connectivity index (χ0n) is 17.1. The van der Waals surface area contributed by atoms with E-state index in [2.05, 4.69) is 38.8 Å². The second-order valence-electron chi connectivity index (χ2n) is 8.95. The first-order valence-electron chi connectivity index (χ1n) is 10.2. The van der Waals surface area contributed by atoms with E-state index >= 15 is 0 Å². The standard InChI is InChI=1S/C21H26N6O2/c1-14-12-21(13-29-14)6-9-26(10-7-21)19-23-17-16(18-22-8-11-27(18)19)15(24-25-17)4-5-20(2,3)28/h8,11,14,28H,6-7,9-10,12-13H2,1-3H3,(H,24,25)/t14-/m0/s1. The monoisotopic (exact) mass is 394 g/mol. The van der Waals surface area contributed by atoms with Gasteiger partial charge in [0.1, 0.15) is 11.3 Å². The molecule has 0 aliphatic carbocycles. The zero-order valence-corrected chi connectivity index (χ0v) is 17.1. The largest absolute Gasteiger partial charge is 0.378 e. The first-order chi connectivity index (χ1) is 13.8. The smallest absolute Gasteiger partial charge is 0.213 e. The first kappa shape index (κ1) is 18.4. The van der Waals surface area contributed by atoms with Crippen molar-refractivity contribution in [3.63, 3.8) is 0 Å². The highest BCUT2D eigenvalue weighted by Gasteiger charge is 2.41. The number of hydrogen-bond donors (Lipinski definition) is 2. The van der Waals surface area contributed by atoms with Crippen LogP contribution in [-0.2, 0) is 4.74 Å². The van der Waals surface area contributed by atoms with Crippen LogP contribution in [-0.4, -0.2) is 61.1 Å². The van der Waals surface area contributed by atoms with Gasteiger partial charge in [0.05, 0.1) is 18.1 Å². The molecule has 2 fully saturated rings. The number of piperidine rings is 1. The number of imidazole rings is 1. The van der Waals surface area contributed by atoms with Crippen molar-refractivity contribution in [3.05, 3.63) is 18.1 Å². The maximum absolute atomic E-state index is 9.92. The number of anilines is 1. The Bertz CT molecular complexity index is 1120. The average Bonchev–Trinajstić information content (AvgIpc) is 3.38. The molecule has 8 heteroatoms. The Morgan fingerprint density at radius 1 is 1.34 bits per heavy atom. The molecule has 5 heterocycles. The summed E-state index contributed by atoms with van der Waals surface area (Å²) in [4.78, 5) is 11.7. The highest BCUT2D eigenvalue weighted by molar-refractivity contribution is 5.94. The second kappa shape index (κ2) is 6.44. The Labute approximate surface area is 169 Å². The summed E-state index contributed by atoms with van der Waals surface area (Å²) < 4.78 is 7.87. The second-order valence-corrected chi connectivity index (χ2v) is 8.95. The van der Waals surface area contributed by atoms with Crippen LogP contribution in [0, 0.1) is 17.3 Å². The number of hydrogen-bond acceptors (Lipinski definition) is 6. The number of aromatic nitrogens is 5. The van der Waals surface area contributed by atoms with Crippen LogP contribution in [0.5, 0.6) is 0 Å². The molecule has 0 bridgehead atoms. The molecule has 2 saturated heterocycles. The molecule has 1 atom stereocenters. The topological polar surface area (TPSA) is 91.6 Å². The summed E-state index contributed by atoms with van der Waals surface area (Å²) in [6.45, 7) is 8.23. The highest BCUT2D eigenvalue weighted by Crippen LogP contribution is 2.42. The summed E-state index contributed by atoms with van der Waals surface area (Å²) in [6, 6.07) is 0. The highest BCUT2D eigenvalue weighted by atomic mass is 16.5. The van der Waals surface area contributed by atoms with Gasteiger partial charge in [0, 0.05) is 25.5 Å². The molecule has 29 heavy (non-hydrogen) atoms. The van der Waals surface area contributed by atoms with Crippen molar-refractivity contribution in [1.29, 1.82) is 0 Å². The van der Waals surface area contributed by atoms with Crippen molar-refractivity contribution in [2.75, 3.05) is 24.6 Å². The molecule has 0 saturated carbocycles. The van der Waals surface area contributed by atoms with E-state index < -0.39 is 5.60 Å². The fraction of sp³-hybridized carbons (Fsp3) is 0.571. The molecular weight excluding hydrogens is 368 g/mol. The van der Waals surface area contributed by atoms with Gasteiger partial charge in [-0.05, 0) is 51.4 Å². The van der Waals surface area contributed by atoms with Gasteiger partial charge < -0.3 is 14.7 Å². The number of ether oxygens (including phenoxy) is 1. The minimum Gasteiger partial charge on any atom is -0.378 e. The van der Waals surface area contributed by atoms with Crippen molar-refractivity contribution in [1.82, 2.24) is 24.6 Å². The van der Waals surface area contributed by atoms with Gasteiger partial charge in [0.25, 0.3) is 0 Å². The maximum atomic E-state index is 9.92. The summed E-state index contributed by atoms with van der Waals surface area (Å²) in [5.41, 5.74) is 1.22. The molecule has 3 aromatic rings.